The number of nitrogens with two attached hydrogens (primary N) is 2. The third-order valence-electron chi connectivity index (χ3n) is 3.73. The molecule has 3 atom stereocenters. The average Bonchev–Trinajstić information content (AvgIpc) is 2.65. The molecular weight excluding hydrogens is 222 g/mol. The molecule has 7 nitrogen and oxygen atoms in total. The highest BCUT2D eigenvalue weighted by Gasteiger charge is 2.60. The monoisotopic (exact) mass is 239 g/mol. The highest BCUT2D eigenvalue weighted by molar-refractivity contribution is 5.74. The Bertz CT molecular complexity index is 394. The van der Waals surface area contributed by atoms with Gasteiger partial charge in [-0.1, -0.05) is 0 Å². The van der Waals surface area contributed by atoms with Crippen molar-refractivity contribution in [3.63, 3.8) is 0 Å². The summed E-state index contributed by atoms with van der Waals surface area (Å²) in [7, 11) is 1.94. The SMILES string of the molecule is CN1CC[C@H](C2([N+](=O)[O-])C(N)=CC=NC2N)C1. The van der Waals surface area contributed by atoms with Crippen LogP contribution in [0.5, 0.6) is 0 Å². The second-order valence-corrected chi connectivity index (χ2v) is 4.70. The van der Waals surface area contributed by atoms with Crippen molar-refractivity contribution in [2.75, 3.05) is 20.1 Å². The molecule has 2 heterocycles. The van der Waals surface area contributed by atoms with Gasteiger partial charge in [0.1, 0.15) is 0 Å². The number of nitro groups is 1. The molecule has 2 unspecified atom stereocenters. The molecule has 94 valence electrons. The smallest absolute Gasteiger partial charge is 0.299 e. The molecule has 2 aliphatic heterocycles. The molecule has 2 aliphatic rings. The maximum absolute atomic E-state index is 11.5. The minimum Gasteiger partial charge on any atom is -0.396 e. The van der Waals surface area contributed by atoms with Crippen LogP contribution in [0.1, 0.15) is 6.42 Å². The van der Waals surface area contributed by atoms with Gasteiger partial charge in [0.05, 0.1) is 11.6 Å². The quantitative estimate of drug-likeness (QED) is 0.482. The lowest BCUT2D eigenvalue weighted by Gasteiger charge is -2.35. The van der Waals surface area contributed by atoms with Crippen molar-refractivity contribution in [1.82, 2.24) is 4.90 Å². The van der Waals surface area contributed by atoms with Gasteiger partial charge in [0, 0.05) is 17.7 Å². The zero-order valence-electron chi connectivity index (χ0n) is 9.74. The van der Waals surface area contributed by atoms with Gasteiger partial charge in [-0.25, -0.2) is 0 Å². The van der Waals surface area contributed by atoms with E-state index in [0.29, 0.717) is 6.54 Å². The van der Waals surface area contributed by atoms with Crippen LogP contribution in [0, 0.1) is 16.0 Å². The first kappa shape index (κ1) is 12.0. The number of likely N-dealkylation sites (tertiary alicyclic amines) is 1. The van der Waals surface area contributed by atoms with Crippen LogP contribution in [0.3, 0.4) is 0 Å². The predicted molar refractivity (Wildman–Crippen MR) is 64.1 cm³/mol. The standard InChI is InChI=1S/C10H17N5O2/c1-14-5-3-7(6-14)10(15(16)17)8(11)2-4-13-9(10)12/h2,4,7,9H,3,5-6,11-12H2,1H3/t7-,9?,10?/m0/s1. The first-order valence-electron chi connectivity index (χ1n) is 5.57. The largest absolute Gasteiger partial charge is 0.396 e. The van der Waals surface area contributed by atoms with E-state index in [1.54, 1.807) is 0 Å². The number of hydrogen-bond donors (Lipinski definition) is 2. The second-order valence-electron chi connectivity index (χ2n) is 4.70. The molecule has 0 aromatic carbocycles. The first-order valence-corrected chi connectivity index (χ1v) is 5.57. The van der Waals surface area contributed by atoms with E-state index in [9.17, 15) is 10.1 Å². The van der Waals surface area contributed by atoms with Crippen molar-refractivity contribution in [3.05, 3.63) is 21.9 Å². The molecule has 0 bridgehead atoms. The van der Waals surface area contributed by atoms with E-state index < -0.39 is 11.7 Å². The summed E-state index contributed by atoms with van der Waals surface area (Å²) in [4.78, 5) is 17.2. The second kappa shape index (κ2) is 4.08. The molecule has 17 heavy (non-hydrogen) atoms. The van der Waals surface area contributed by atoms with Crippen molar-refractivity contribution in [3.8, 4) is 0 Å². The maximum atomic E-state index is 11.5. The Morgan fingerprint density at radius 2 is 2.41 bits per heavy atom. The Kier molecular flexibility index (Phi) is 2.88. The third kappa shape index (κ3) is 1.62. The Morgan fingerprint density at radius 1 is 1.71 bits per heavy atom. The summed E-state index contributed by atoms with van der Waals surface area (Å²) in [5, 5.41) is 11.5. The average molecular weight is 239 g/mol. The van der Waals surface area contributed by atoms with E-state index in [2.05, 4.69) is 4.99 Å². The van der Waals surface area contributed by atoms with Crippen molar-refractivity contribution in [1.29, 1.82) is 0 Å². The van der Waals surface area contributed by atoms with Gasteiger partial charge in [0.25, 0.3) is 5.54 Å². The van der Waals surface area contributed by atoms with Gasteiger partial charge in [0.15, 0.2) is 6.17 Å². The molecular formula is C10H17N5O2. The van der Waals surface area contributed by atoms with Crippen LogP contribution in [0.15, 0.2) is 16.8 Å². The van der Waals surface area contributed by atoms with Crippen LogP contribution in [0.4, 0.5) is 0 Å². The van der Waals surface area contributed by atoms with Crippen LogP contribution < -0.4 is 11.5 Å². The zero-order chi connectivity index (χ0) is 12.6. The molecule has 0 saturated carbocycles. The molecule has 0 radical (unpaired) electrons. The number of hydrogen-bond acceptors (Lipinski definition) is 6. The molecule has 0 amide bonds. The first-order chi connectivity index (χ1) is 7.99. The molecule has 0 aliphatic carbocycles. The molecule has 0 aromatic heterocycles. The van der Waals surface area contributed by atoms with Gasteiger partial charge in [-0.05, 0) is 26.1 Å². The summed E-state index contributed by atoms with van der Waals surface area (Å²) in [6.07, 6.45) is 2.75. The summed E-state index contributed by atoms with van der Waals surface area (Å²) in [6.45, 7) is 1.45. The maximum Gasteiger partial charge on any atom is 0.299 e. The Morgan fingerprint density at radius 3 is 2.88 bits per heavy atom. The summed E-state index contributed by atoms with van der Waals surface area (Å²) < 4.78 is 0. The van der Waals surface area contributed by atoms with E-state index in [1.807, 2.05) is 11.9 Å². The van der Waals surface area contributed by atoms with Crippen LogP contribution in [-0.4, -0.2) is 47.9 Å². The molecule has 2 rings (SSSR count). The molecule has 4 N–H and O–H groups in total. The minimum absolute atomic E-state index is 0.189. The lowest BCUT2D eigenvalue weighted by Crippen LogP contribution is -2.62. The zero-order valence-corrected chi connectivity index (χ0v) is 9.74. The number of aliphatic imine (C=N–C) groups is 1. The van der Waals surface area contributed by atoms with Gasteiger partial charge >= 0.3 is 0 Å². The van der Waals surface area contributed by atoms with Crippen molar-refractivity contribution < 1.29 is 4.92 Å². The van der Waals surface area contributed by atoms with Gasteiger partial charge in [-0.3, -0.25) is 15.1 Å². The number of allylic oxidation sites excluding steroid dienone is 1. The Balaban J connectivity index is 2.42. The lowest BCUT2D eigenvalue weighted by atomic mass is 9.77. The summed E-state index contributed by atoms with van der Waals surface area (Å²) >= 11 is 0. The predicted octanol–water partition coefficient (Wildman–Crippen LogP) is -0.835. The molecule has 1 fully saturated rings. The van der Waals surface area contributed by atoms with Gasteiger partial charge in [0.2, 0.25) is 0 Å². The Hall–Kier alpha value is -1.47. The van der Waals surface area contributed by atoms with Gasteiger partial charge in [-0.15, -0.1) is 0 Å². The van der Waals surface area contributed by atoms with Crippen LogP contribution in [0.25, 0.3) is 0 Å². The topological polar surface area (TPSA) is 111 Å². The van der Waals surface area contributed by atoms with E-state index >= 15 is 0 Å². The summed E-state index contributed by atoms with van der Waals surface area (Å²) in [6, 6.07) is 0. The molecule has 0 aromatic rings. The number of nitrogens with zero attached hydrogens (tertiary/aromatic N) is 3. The molecule has 7 heteroatoms. The highest BCUT2D eigenvalue weighted by atomic mass is 16.6. The van der Waals surface area contributed by atoms with Gasteiger partial charge < -0.3 is 16.4 Å². The summed E-state index contributed by atoms with van der Waals surface area (Å²) in [5.41, 5.74) is 10.5. The summed E-state index contributed by atoms with van der Waals surface area (Å²) in [5.74, 6) is -0.189. The highest BCUT2D eigenvalue weighted by Crippen LogP contribution is 2.37. The van der Waals surface area contributed by atoms with E-state index in [0.717, 1.165) is 13.0 Å². The number of dihydropyridines is 1. The fourth-order valence-corrected chi connectivity index (χ4v) is 2.77. The van der Waals surface area contributed by atoms with Crippen molar-refractivity contribution in [2.45, 2.75) is 18.1 Å². The fraction of sp³-hybridized carbons (Fsp3) is 0.700. The van der Waals surface area contributed by atoms with Crippen molar-refractivity contribution in [2.24, 2.45) is 22.4 Å². The molecule has 1 saturated heterocycles. The lowest BCUT2D eigenvalue weighted by molar-refractivity contribution is -0.572. The van der Waals surface area contributed by atoms with E-state index in [-0.39, 0.29) is 16.5 Å². The van der Waals surface area contributed by atoms with Gasteiger partial charge in [-0.2, -0.15) is 0 Å². The van der Waals surface area contributed by atoms with Crippen molar-refractivity contribution >= 4 is 6.21 Å². The third-order valence-corrected chi connectivity index (χ3v) is 3.73. The van der Waals surface area contributed by atoms with E-state index in [4.69, 9.17) is 11.5 Å². The van der Waals surface area contributed by atoms with Crippen LogP contribution in [-0.2, 0) is 0 Å². The van der Waals surface area contributed by atoms with Crippen LogP contribution >= 0.6 is 0 Å². The normalized spacial score (nSPS) is 38.1. The Labute approximate surface area is 99.3 Å². The van der Waals surface area contributed by atoms with Crippen LogP contribution in [0.2, 0.25) is 0 Å². The molecule has 0 spiro atoms. The fourth-order valence-electron chi connectivity index (χ4n) is 2.77. The van der Waals surface area contributed by atoms with E-state index in [1.165, 1.54) is 12.3 Å². The number of rotatable bonds is 2. The minimum atomic E-state index is -1.44.